The lowest BCUT2D eigenvalue weighted by molar-refractivity contribution is 0.146. The molecule has 1 fully saturated rings. The Balaban J connectivity index is 2.45. The van der Waals surface area contributed by atoms with Crippen LogP contribution in [0.15, 0.2) is 12.7 Å². The standard InChI is InChI=1S/C13H26N2/c1-5-12(4)15(11(2)3)10-13-6-8-14-9-7-13/h5,11-14H,1,6-10H2,2-4H3. The fourth-order valence-electron chi connectivity index (χ4n) is 2.35. The molecule has 0 saturated carbocycles. The molecule has 0 aromatic rings. The van der Waals surface area contributed by atoms with E-state index in [0.717, 1.165) is 5.92 Å². The van der Waals surface area contributed by atoms with Gasteiger partial charge in [-0.05, 0) is 52.6 Å². The van der Waals surface area contributed by atoms with Gasteiger partial charge >= 0.3 is 0 Å². The topological polar surface area (TPSA) is 15.3 Å². The first-order chi connectivity index (χ1) is 7.15. The van der Waals surface area contributed by atoms with Crippen LogP contribution in [-0.2, 0) is 0 Å². The Kier molecular flexibility index (Phi) is 5.34. The molecule has 1 heterocycles. The molecule has 1 atom stereocenters. The zero-order valence-corrected chi connectivity index (χ0v) is 10.5. The molecule has 1 saturated heterocycles. The first kappa shape index (κ1) is 12.7. The average molecular weight is 210 g/mol. The van der Waals surface area contributed by atoms with Crippen LogP contribution >= 0.6 is 0 Å². The van der Waals surface area contributed by atoms with E-state index in [1.807, 2.05) is 0 Å². The van der Waals surface area contributed by atoms with Gasteiger partial charge in [-0.3, -0.25) is 4.90 Å². The van der Waals surface area contributed by atoms with E-state index in [9.17, 15) is 0 Å². The molecule has 0 bridgehead atoms. The Morgan fingerprint density at radius 1 is 1.33 bits per heavy atom. The maximum Gasteiger partial charge on any atom is 0.0250 e. The average Bonchev–Trinajstić information content (AvgIpc) is 2.26. The minimum atomic E-state index is 0.500. The predicted octanol–water partition coefficient (Wildman–Crippen LogP) is 2.27. The molecule has 1 aliphatic rings. The summed E-state index contributed by atoms with van der Waals surface area (Å²) in [5.74, 6) is 0.871. The summed E-state index contributed by atoms with van der Waals surface area (Å²) in [6.07, 6.45) is 4.71. The van der Waals surface area contributed by atoms with E-state index in [1.165, 1.54) is 32.5 Å². The van der Waals surface area contributed by atoms with Gasteiger partial charge in [-0.25, -0.2) is 0 Å². The number of rotatable bonds is 5. The molecule has 88 valence electrons. The van der Waals surface area contributed by atoms with Crippen molar-refractivity contribution in [3.63, 3.8) is 0 Å². The molecule has 1 N–H and O–H groups in total. The fraction of sp³-hybridized carbons (Fsp3) is 0.846. The number of piperidine rings is 1. The molecular formula is C13H26N2. The lowest BCUT2D eigenvalue weighted by atomic mass is 9.96. The molecule has 1 unspecified atom stereocenters. The molecule has 0 radical (unpaired) electrons. The maximum atomic E-state index is 3.90. The summed E-state index contributed by atoms with van der Waals surface area (Å²) < 4.78 is 0. The Bertz CT molecular complexity index is 183. The summed E-state index contributed by atoms with van der Waals surface area (Å²) in [4.78, 5) is 2.56. The van der Waals surface area contributed by atoms with Crippen molar-refractivity contribution in [3.8, 4) is 0 Å². The molecule has 0 amide bonds. The summed E-state index contributed by atoms with van der Waals surface area (Å²) in [6.45, 7) is 14.3. The molecule has 1 aliphatic heterocycles. The first-order valence-electron chi connectivity index (χ1n) is 6.24. The normalized spacial score (nSPS) is 20.9. The second-order valence-electron chi connectivity index (χ2n) is 4.96. The maximum absolute atomic E-state index is 3.90. The second-order valence-corrected chi connectivity index (χ2v) is 4.96. The SMILES string of the molecule is C=CC(C)N(CC1CCNCC1)C(C)C. The van der Waals surface area contributed by atoms with Gasteiger partial charge in [0, 0.05) is 18.6 Å². The van der Waals surface area contributed by atoms with E-state index in [2.05, 4.69) is 43.6 Å². The Labute approximate surface area is 94.7 Å². The third kappa shape index (κ3) is 3.96. The molecule has 0 aromatic heterocycles. The van der Waals surface area contributed by atoms with Gasteiger partial charge in [0.15, 0.2) is 0 Å². The lowest BCUT2D eigenvalue weighted by Gasteiger charge is -2.35. The number of hydrogen-bond donors (Lipinski definition) is 1. The third-order valence-corrected chi connectivity index (χ3v) is 3.46. The van der Waals surface area contributed by atoms with Crippen LogP contribution in [0.5, 0.6) is 0 Å². The van der Waals surface area contributed by atoms with Crippen molar-refractivity contribution in [2.75, 3.05) is 19.6 Å². The minimum Gasteiger partial charge on any atom is -0.317 e. The summed E-state index contributed by atoms with van der Waals surface area (Å²) in [6, 6.07) is 1.12. The molecule has 0 aliphatic carbocycles. The van der Waals surface area contributed by atoms with Crippen molar-refractivity contribution in [1.29, 1.82) is 0 Å². The third-order valence-electron chi connectivity index (χ3n) is 3.46. The van der Waals surface area contributed by atoms with Gasteiger partial charge in [0.05, 0.1) is 0 Å². The highest BCUT2D eigenvalue weighted by atomic mass is 15.2. The van der Waals surface area contributed by atoms with E-state index in [-0.39, 0.29) is 0 Å². The predicted molar refractivity (Wildman–Crippen MR) is 67.1 cm³/mol. The molecule has 2 heteroatoms. The molecule has 0 aromatic carbocycles. The highest BCUT2D eigenvalue weighted by Gasteiger charge is 2.21. The van der Waals surface area contributed by atoms with Gasteiger partial charge < -0.3 is 5.32 Å². The van der Waals surface area contributed by atoms with E-state index in [0.29, 0.717) is 12.1 Å². The highest BCUT2D eigenvalue weighted by Crippen LogP contribution is 2.17. The minimum absolute atomic E-state index is 0.500. The summed E-state index contributed by atoms with van der Waals surface area (Å²) in [5.41, 5.74) is 0. The van der Waals surface area contributed by atoms with Crippen molar-refractivity contribution in [3.05, 3.63) is 12.7 Å². The van der Waals surface area contributed by atoms with Crippen molar-refractivity contribution in [2.45, 2.75) is 45.7 Å². The van der Waals surface area contributed by atoms with Gasteiger partial charge in [0.25, 0.3) is 0 Å². The fourth-order valence-corrected chi connectivity index (χ4v) is 2.35. The first-order valence-corrected chi connectivity index (χ1v) is 6.24. The summed E-state index contributed by atoms with van der Waals surface area (Å²) in [7, 11) is 0. The van der Waals surface area contributed by atoms with E-state index in [1.54, 1.807) is 0 Å². The number of hydrogen-bond acceptors (Lipinski definition) is 2. The van der Waals surface area contributed by atoms with E-state index < -0.39 is 0 Å². The van der Waals surface area contributed by atoms with Crippen LogP contribution < -0.4 is 5.32 Å². The van der Waals surface area contributed by atoms with Gasteiger partial charge in [0.1, 0.15) is 0 Å². The smallest absolute Gasteiger partial charge is 0.0250 e. The van der Waals surface area contributed by atoms with Crippen molar-refractivity contribution in [2.24, 2.45) is 5.92 Å². The second kappa shape index (κ2) is 6.29. The molecular weight excluding hydrogens is 184 g/mol. The van der Waals surface area contributed by atoms with E-state index in [4.69, 9.17) is 0 Å². The molecule has 2 nitrogen and oxygen atoms in total. The quantitative estimate of drug-likeness (QED) is 0.700. The molecule has 0 spiro atoms. The largest absolute Gasteiger partial charge is 0.317 e. The van der Waals surface area contributed by atoms with Crippen LogP contribution in [0, 0.1) is 5.92 Å². The van der Waals surface area contributed by atoms with Crippen LogP contribution in [0.3, 0.4) is 0 Å². The van der Waals surface area contributed by atoms with Crippen LogP contribution in [0.4, 0.5) is 0 Å². The van der Waals surface area contributed by atoms with Crippen LogP contribution in [0.2, 0.25) is 0 Å². The summed E-state index contributed by atoms with van der Waals surface area (Å²) in [5, 5.41) is 3.42. The Hall–Kier alpha value is -0.340. The van der Waals surface area contributed by atoms with Crippen LogP contribution in [0.1, 0.15) is 33.6 Å². The Morgan fingerprint density at radius 3 is 2.40 bits per heavy atom. The zero-order valence-electron chi connectivity index (χ0n) is 10.5. The van der Waals surface area contributed by atoms with Crippen molar-refractivity contribution >= 4 is 0 Å². The number of nitrogens with one attached hydrogen (secondary N) is 1. The van der Waals surface area contributed by atoms with Crippen molar-refractivity contribution < 1.29 is 0 Å². The monoisotopic (exact) mass is 210 g/mol. The van der Waals surface area contributed by atoms with E-state index >= 15 is 0 Å². The molecule has 1 rings (SSSR count). The lowest BCUT2D eigenvalue weighted by Crippen LogP contribution is -2.43. The van der Waals surface area contributed by atoms with Crippen LogP contribution in [-0.4, -0.2) is 36.6 Å². The van der Waals surface area contributed by atoms with Gasteiger partial charge in [-0.15, -0.1) is 6.58 Å². The van der Waals surface area contributed by atoms with Crippen molar-refractivity contribution in [1.82, 2.24) is 10.2 Å². The van der Waals surface area contributed by atoms with Crippen LogP contribution in [0.25, 0.3) is 0 Å². The number of nitrogens with zero attached hydrogens (tertiary/aromatic N) is 1. The molecule has 15 heavy (non-hydrogen) atoms. The van der Waals surface area contributed by atoms with Gasteiger partial charge in [0.2, 0.25) is 0 Å². The van der Waals surface area contributed by atoms with Gasteiger partial charge in [-0.2, -0.15) is 0 Å². The zero-order chi connectivity index (χ0) is 11.3. The van der Waals surface area contributed by atoms with Gasteiger partial charge in [-0.1, -0.05) is 6.08 Å². The highest BCUT2D eigenvalue weighted by molar-refractivity contribution is 4.87. The summed E-state index contributed by atoms with van der Waals surface area (Å²) >= 11 is 0. The Morgan fingerprint density at radius 2 is 1.93 bits per heavy atom.